The van der Waals surface area contributed by atoms with Gasteiger partial charge in [0.25, 0.3) is 0 Å². The van der Waals surface area contributed by atoms with Gasteiger partial charge in [0, 0.05) is 44.3 Å². The molecule has 0 aliphatic carbocycles. The molecule has 0 spiro atoms. The van der Waals surface area contributed by atoms with E-state index in [4.69, 9.17) is 23.8 Å². The summed E-state index contributed by atoms with van der Waals surface area (Å²) in [6.07, 6.45) is -5.04. The fraction of sp³-hybridized carbons (Fsp3) is 0.600. The molecule has 1 aliphatic heterocycles. The maximum atomic E-state index is 12.7. The first kappa shape index (κ1) is 43.5. The average Bonchev–Trinajstić information content (AvgIpc) is 3.53. The number of hydrogen-bond acceptors (Lipinski definition) is 14. The predicted molar refractivity (Wildman–Crippen MR) is 180 cm³/mol. The van der Waals surface area contributed by atoms with Crippen LogP contribution in [0.5, 0.6) is 0 Å². The van der Waals surface area contributed by atoms with Crippen LogP contribution in [0.4, 0.5) is 19.0 Å². The number of Topliss-reactive ketones (excluding diaryl/α,β-unsaturated/α-hetero) is 1. The number of ketones is 1. The van der Waals surface area contributed by atoms with E-state index in [2.05, 4.69) is 35.4 Å². The second kappa shape index (κ2) is 17.5. The molecule has 1 fully saturated rings. The number of rotatable bonds is 16. The molecule has 4 N–H and O–H groups in total. The molecule has 0 saturated carbocycles. The van der Waals surface area contributed by atoms with Crippen LogP contribution in [-0.4, -0.2) is 101 Å². The van der Waals surface area contributed by atoms with Gasteiger partial charge in [-0.25, -0.2) is 28.7 Å². The van der Waals surface area contributed by atoms with Crippen molar-refractivity contribution in [2.45, 2.75) is 69.4 Å². The second-order valence-corrected chi connectivity index (χ2v) is 19.2. The molecule has 5 atom stereocenters. The van der Waals surface area contributed by atoms with Gasteiger partial charge in [-0.2, -0.15) is 21.8 Å². The molecule has 51 heavy (non-hydrogen) atoms. The van der Waals surface area contributed by atoms with Crippen LogP contribution in [0, 0.1) is 11.8 Å². The van der Waals surface area contributed by atoms with Gasteiger partial charge in [0.1, 0.15) is 30.2 Å². The van der Waals surface area contributed by atoms with Crippen molar-refractivity contribution in [2.24, 2.45) is 4.99 Å². The third kappa shape index (κ3) is 14.5. The normalized spacial score (nSPS) is 21.0. The maximum absolute atomic E-state index is 12.7. The van der Waals surface area contributed by atoms with Crippen molar-refractivity contribution in [1.82, 2.24) is 19.4 Å². The molecule has 3 heterocycles. The molecule has 0 bridgehead atoms. The van der Waals surface area contributed by atoms with Crippen LogP contribution in [0.2, 0.25) is 0 Å². The summed E-state index contributed by atoms with van der Waals surface area (Å²) < 4.78 is 99.1. The Morgan fingerprint density at radius 1 is 1.16 bits per heavy atom. The minimum Gasteiger partial charge on any atom is -0.369 e. The number of halogens is 3. The van der Waals surface area contributed by atoms with Gasteiger partial charge in [-0.1, -0.05) is 54.2 Å². The van der Waals surface area contributed by atoms with Crippen molar-refractivity contribution < 1.29 is 73.9 Å². The SMILES string of the molecule is CN(C)C=Nc1ncnc2c1c(C#CCCC(=O)C(F)(F)F)cn2[C@H]1C[C@@H](OCSSC(C)(C)C)[C@@H](COP(=O)(O)OP(=O)(O)OP(=O)(O)O)O1. The summed E-state index contributed by atoms with van der Waals surface area (Å²) in [5, 5.41) is 0.292. The molecule has 2 unspecified atom stereocenters. The van der Waals surface area contributed by atoms with Crippen LogP contribution in [0.3, 0.4) is 0 Å². The van der Waals surface area contributed by atoms with Gasteiger partial charge in [-0.05, 0) is 0 Å². The number of aliphatic imine (C=N–C) groups is 1. The molecular weight excluding hydrogens is 792 g/mol. The van der Waals surface area contributed by atoms with Crippen LogP contribution in [-0.2, 0) is 41.1 Å². The summed E-state index contributed by atoms with van der Waals surface area (Å²) in [6, 6.07) is 0. The zero-order chi connectivity index (χ0) is 38.4. The van der Waals surface area contributed by atoms with Gasteiger partial charge >= 0.3 is 29.6 Å². The van der Waals surface area contributed by atoms with Gasteiger partial charge in [-0.15, -0.1) is 0 Å². The number of ether oxygens (including phenoxy) is 2. The smallest absolute Gasteiger partial charge is 0.369 e. The molecule has 1 aliphatic rings. The molecule has 0 radical (unpaired) electrons. The minimum absolute atomic E-state index is 0.0577. The highest BCUT2D eigenvalue weighted by Gasteiger charge is 2.44. The summed E-state index contributed by atoms with van der Waals surface area (Å²) in [7, 11) is -10.6. The molecule has 2 aromatic rings. The fourth-order valence-electron chi connectivity index (χ4n) is 4.11. The molecule has 26 heteroatoms. The van der Waals surface area contributed by atoms with Crippen molar-refractivity contribution in [3.8, 4) is 11.8 Å². The Kier molecular flexibility index (Phi) is 15.0. The van der Waals surface area contributed by atoms with Crippen LogP contribution in [0.15, 0.2) is 17.5 Å². The first-order valence-electron chi connectivity index (χ1n) is 14.4. The van der Waals surface area contributed by atoms with Crippen LogP contribution >= 0.6 is 45.1 Å². The Morgan fingerprint density at radius 2 is 1.84 bits per heavy atom. The first-order valence-corrected chi connectivity index (χ1v) is 21.2. The number of alkyl halides is 3. The molecule has 0 amide bonds. The number of fused-ring (bicyclic) bond motifs is 1. The highest BCUT2D eigenvalue weighted by Crippen LogP contribution is 2.66. The average molecular weight is 828 g/mol. The standard InChI is InChI=1S/C25H35F3N5O13P3S2/c1-24(2,3)51-50-15-42-17-10-20(44-18(17)12-43-48(38,39)46-49(40,41)45-47(35,36)37)33-11-16(8-6-7-9-19(34)25(26,27)28)21-22(31-14-32(4)5)29-13-30-23(21)33/h11,13-14,17-18,20H,7,9-10,12,15H2,1-5H3,(H,38,39)(H,40,41)(H2,35,36,37)/t17-,18-,20-/m1/s1. The van der Waals surface area contributed by atoms with E-state index in [1.807, 2.05) is 20.8 Å². The van der Waals surface area contributed by atoms with E-state index < -0.39 is 73.3 Å². The lowest BCUT2D eigenvalue weighted by atomic mass is 10.2. The number of carbonyl (C=O) groups is 1. The first-order chi connectivity index (χ1) is 23.4. The topological polar surface area (TPSA) is 242 Å². The van der Waals surface area contributed by atoms with Crippen molar-refractivity contribution >= 4 is 74.0 Å². The van der Waals surface area contributed by atoms with Crippen LogP contribution < -0.4 is 0 Å². The zero-order valence-corrected chi connectivity index (χ0v) is 31.8. The van der Waals surface area contributed by atoms with Crippen LogP contribution in [0.1, 0.15) is 51.8 Å². The second-order valence-electron chi connectivity index (χ2n) is 11.7. The Bertz CT molecular complexity index is 1790. The van der Waals surface area contributed by atoms with E-state index in [0.717, 1.165) is 0 Å². The third-order valence-corrected chi connectivity index (χ3v) is 12.8. The summed E-state index contributed by atoms with van der Waals surface area (Å²) in [4.78, 5) is 62.9. The number of phosphoric ester groups is 1. The predicted octanol–water partition coefficient (Wildman–Crippen LogP) is 5.07. The van der Waals surface area contributed by atoms with E-state index in [1.54, 1.807) is 19.0 Å². The fourth-order valence-corrected chi connectivity index (χ4v) is 9.14. The van der Waals surface area contributed by atoms with E-state index in [9.17, 15) is 41.4 Å². The van der Waals surface area contributed by atoms with E-state index in [-0.39, 0.29) is 34.1 Å². The largest absolute Gasteiger partial charge is 0.490 e. The monoisotopic (exact) mass is 827 g/mol. The number of phosphoric acid groups is 3. The van der Waals surface area contributed by atoms with E-state index >= 15 is 0 Å². The Labute approximate surface area is 297 Å². The van der Waals surface area contributed by atoms with Gasteiger partial charge in [-0.3, -0.25) is 9.32 Å². The van der Waals surface area contributed by atoms with Gasteiger partial charge < -0.3 is 38.5 Å². The summed E-state index contributed by atoms with van der Waals surface area (Å²) in [5.41, 5.74) is 0.451. The zero-order valence-electron chi connectivity index (χ0n) is 27.5. The molecule has 3 rings (SSSR count). The van der Waals surface area contributed by atoms with Gasteiger partial charge in [0.2, 0.25) is 5.78 Å². The lowest BCUT2D eigenvalue weighted by Gasteiger charge is -2.22. The van der Waals surface area contributed by atoms with E-state index in [1.165, 1.54) is 45.0 Å². The van der Waals surface area contributed by atoms with Gasteiger partial charge in [0.05, 0.1) is 30.0 Å². The summed E-state index contributed by atoms with van der Waals surface area (Å²) >= 11 is 0. The van der Waals surface area contributed by atoms with Crippen molar-refractivity contribution in [1.29, 1.82) is 0 Å². The highest BCUT2D eigenvalue weighted by atomic mass is 33.1. The highest BCUT2D eigenvalue weighted by molar-refractivity contribution is 8.77. The third-order valence-electron chi connectivity index (χ3n) is 5.96. The maximum Gasteiger partial charge on any atom is 0.490 e. The van der Waals surface area contributed by atoms with Gasteiger partial charge in [0.15, 0.2) is 5.82 Å². The number of nitrogens with zero attached hydrogens (tertiary/aromatic N) is 5. The summed E-state index contributed by atoms with van der Waals surface area (Å²) in [6.45, 7) is 5.15. The van der Waals surface area contributed by atoms with Crippen molar-refractivity contribution in [3.05, 3.63) is 18.1 Å². The number of carbonyl (C=O) groups excluding carboxylic acids is 1. The molecule has 18 nitrogen and oxygen atoms in total. The minimum atomic E-state index is -5.78. The molecule has 1 saturated heterocycles. The van der Waals surface area contributed by atoms with Crippen LogP contribution in [0.25, 0.3) is 11.0 Å². The Morgan fingerprint density at radius 3 is 2.45 bits per heavy atom. The molecule has 2 aromatic heterocycles. The molecular formula is C25H35F3N5O13P3S2. The molecule has 286 valence electrons. The lowest BCUT2D eigenvalue weighted by Crippen LogP contribution is -2.29. The van der Waals surface area contributed by atoms with Crippen molar-refractivity contribution in [3.63, 3.8) is 0 Å². The Balaban J connectivity index is 1.95. The molecule has 0 aromatic carbocycles. The Hall–Kier alpha value is -1.86. The van der Waals surface area contributed by atoms with Crippen molar-refractivity contribution in [2.75, 3.05) is 26.6 Å². The number of aromatic nitrogens is 3. The summed E-state index contributed by atoms with van der Waals surface area (Å²) in [5.74, 6) is 3.64. The lowest BCUT2D eigenvalue weighted by molar-refractivity contribution is -0.170. The number of hydrogen-bond donors (Lipinski definition) is 4. The quantitative estimate of drug-likeness (QED) is 0.0328. The van der Waals surface area contributed by atoms with E-state index in [0.29, 0.717) is 5.39 Å².